The van der Waals surface area contributed by atoms with Crippen molar-refractivity contribution in [2.45, 2.75) is 26.3 Å². The third kappa shape index (κ3) is 2.89. The molecule has 0 amide bonds. The zero-order chi connectivity index (χ0) is 14.0. The van der Waals surface area contributed by atoms with Crippen LogP contribution in [0.3, 0.4) is 0 Å². The molecule has 0 spiro atoms. The summed E-state index contributed by atoms with van der Waals surface area (Å²) in [6.45, 7) is 4.90. The highest BCUT2D eigenvalue weighted by Gasteiger charge is 2.23. The average Bonchev–Trinajstić information content (AvgIpc) is 2.66. The number of nitrogens with zero attached hydrogens (tertiary/aromatic N) is 3. The van der Waals surface area contributed by atoms with E-state index >= 15 is 0 Å². The van der Waals surface area contributed by atoms with Crippen LogP contribution in [0.15, 0.2) is 0 Å². The van der Waals surface area contributed by atoms with Crippen LogP contribution in [0, 0.1) is 12.8 Å². The Balaban J connectivity index is 2.16. The van der Waals surface area contributed by atoms with Crippen molar-refractivity contribution in [3.05, 3.63) is 11.5 Å². The predicted molar refractivity (Wildman–Crippen MR) is 72.9 cm³/mol. The van der Waals surface area contributed by atoms with Gasteiger partial charge < -0.3 is 19.9 Å². The van der Waals surface area contributed by atoms with E-state index in [0.29, 0.717) is 11.7 Å². The van der Waals surface area contributed by atoms with Crippen LogP contribution in [0.2, 0.25) is 0 Å². The van der Waals surface area contributed by atoms with Crippen molar-refractivity contribution in [1.82, 2.24) is 14.5 Å². The quantitative estimate of drug-likeness (QED) is 0.823. The first-order valence-electron chi connectivity index (χ1n) is 6.62. The number of esters is 1. The first kappa shape index (κ1) is 13.9. The number of nitrogen functional groups attached to an aromatic ring is 1. The maximum absolute atomic E-state index is 11.6. The number of piperidine rings is 1. The molecule has 6 nitrogen and oxygen atoms in total. The van der Waals surface area contributed by atoms with Crippen molar-refractivity contribution >= 4 is 11.8 Å². The molecule has 0 aliphatic carbocycles. The number of imidazole rings is 1. The number of ether oxygens (including phenoxy) is 1. The highest BCUT2D eigenvalue weighted by molar-refractivity contribution is 5.92. The number of likely N-dealkylation sites (tertiary alicyclic amines) is 1. The molecular weight excluding hydrogens is 244 g/mol. The number of aryl methyl sites for hydroxylation is 1. The Morgan fingerprint density at radius 2 is 2.32 bits per heavy atom. The maximum Gasteiger partial charge on any atom is 0.360 e. The van der Waals surface area contributed by atoms with E-state index in [2.05, 4.69) is 21.7 Å². The first-order valence-corrected chi connectivity index (χ1v) is 6.62. The molecule has 0 bridgehead atoms. The second kappa shape index (κ2) is 5.61. The van der Waals surface area contributed by atoms with E-state index in [-0.39, 0.29) is 5.69 Å². The summed E-state index contributed by atoms with van der Waals surface area (Å²) in [4.78, 5) is 18.1. The van der Waals surface area contributed by atoms with E-state index in [1.54, 1.807) is 0 Å². The van der Waals surface area contributed by atoms with Gasteiger partial charge in [0.05, 0.1) is 7.11 Å². The maximum atomic E-state index is 11.6. The highest BCUT2D eigenvalue weighted by atomic mass is 16.5. The Morgan fingerprint density at radius 1 is 1.58 bits per heavy atom. The molecule has 1 fully saturated rings. The number of methoxy groups -OCH3 is 1. The summed E-state index contributed by atoms with van der Waals surface area (Å²) in [5.74, 6) is 1.27. The van der Waals surface area contributed by atoms with Gasteiger partial charge in [-0.15, -0.1) is 0 Å². The van der Waals surface area contributed by atoms with Gasteiger partial charge in [-0.3, -0.25) is 0 Å². The molecule has 19 heavy (non-hydrogen) atoms. The number of hydrogen-bond donors (Lipinski definition) is 1. The lowest BCUT2D eigenvalue weighted by Crippen LogP contribution is -2.34. The molecule has 0 radical (unpaired) electrons. The fraction of sp³-hybridized carbons (Fsp3) is 0.692. The van der Waals surface area contributed by atoms with Crippen molar-refractivity contribution in [3.8, 4) is 0 Å². The van der Waals surface area contributed by atoms with Gasteiger partial charge in [-0.1, -0.05) is 0 Å². The number of nitrogens with two attached hydrogens (primary N) is 1. The Hall–Kier alpha value is -1.56. The number of carbonyl (C=O) groups is 1. The van der Waals surface area contributed by atoms with Crippen LogP contribution in [0.4, 0.5) is 5.82 Å². The molecule has 1 aromatic heterocycles. The topological polar surface area (TPSA) is 73.4 Å². The molecule has 106 valence electrons. The molecule has 1 aromatic rings. The van der Waals surface area contributed by atoms with Crippen LogP contribution in [0.1, 0.15) is 29.2 Å². The summed E-state index contributed by atoms with van der Waals surface area (Å²) < 4.78 is 6.62. The molecule has 1 aliphatic heterocycles. The van der Waals surface area contributed by atoms with Crippen molar-refractivity contribution < 1.29 is 9.53 Å². The van der Waals surface area contributed by atoms with Gasteiger partial charge in [0.1, 0.15) is 11.6 Å². The predicted octanol–water partition coefficient (Wildman–Crippen LogP) is 0.902. The molecule has 2 heterocycles. The Morgan fingerprint density at radius 3 is 2.95 bits per heavy atom. The number of rotatable bonds is 3. The smallest absolute Gasteiger partial charge is 0.360 e. The van der Waals surface area contributed by atoms with Crippen molar-refractivity contribution in [1.29, 1.82) is 0 Å². The Bertz CT molecular complexity index is 469. The Labute approximate surface area is 113 Å². The van der Waals surface area contributed by atoms with Gasteiger partial charge in [-0.2, -0.15) is 0 Å². The largest absolute Gasteiger partial charge is 0.464 e. The van der Waals surface area contributed by atoms with Gasteiger partial charge in [-0.25, -0.2) is 9.78 Å². The first-order chi connectivity index (χ1) is 9.02. The van der Waals surface area contributed by atoms with Crippen LogP contribution < -0.4 is 5.73 Å². The zero-order valence-corrected chi connectivity index (χ0v) is 11.8. The van der Waals surface area contributed by atoms with Crippen molar-refractivity contribution in [2.75, 3.05) is 33.0 Å². The van der Waals surface area contributed by atoms with Gasteiger partial charge in [0.2, 0.25) is 0 Å². The summed E-state index contributed by atoms with van der Waals surface area (Å²) in [7, 11) is 3.47. The normalized spacial score (nSPS) is 20.5. The van der Waals surface area contributed by atoms with Gasteiger partial charge in [0.15, 0.2) is 5.69 Å². The SMILES string of the molecule is COC(=O)c1nc(C)n(CC2CCCN(C)C2)c1N. The molecule has 1 unspecified atom stereocenters. The molecule has 1 atom stereocenters. The molecule has 6 heteroatoms. The second-order valence-corrected chi connectivity index (χ2v) is 5.27. The third-order valence-corrected chi connectivity index (χ3v) is 3.74. The summed E-state index contributed by atoms with van der Waals surface area (Å²) in [6, 6.07) is 0. The number of anilines is 1. The van der Waals surface area contributed by atoms with E-state index in [1.165, 1.54) is 20.0 Å². The van der Waals surface area contributed by atoms with E-state index in [0.717, 1.165) is 25.5 Å². The lowest BCUT2D eigenvalue weighted by molar-refractivity contribution is 0.0595. The minimum atomic E-state index is -0.472. The summed E-state index contributed by atoms with van der Waals surface area (Å²) >= 11 is 0. The molecule has 0 saturated carbocycles. The van der Waals surface area contributed by atoms with Gasteiger partial charge in [-0.05, 0) is 39.3 Å². The average molecular weight is 266 g/mol. The molecule has 1 saturated heterocycles. The monoisotopic (exact) mass is 266 g/mol. The van der Waals surface area contributed by atoms with Gasteiger partial charge >= 0.3 is 5.97 Å². The highest BCUT2D eigenvalue weighted by Crippen LogP contribution is 2.22. The van der Waals surface area contributed by atoms with E-state index in [9.17, 15) is 4.79 Å². The van der Waals surface area contributed by atoms with Crippen molar-refractivity contribution in [2.24, 2.45) is 5.92 Å². The Kier molecular flexibility index (Phi) is 4.09. The van der Waals surface area contributed by atoms with E-state index < -0.39 is 5.97 Å². The summed E-state index contributed by atoms with van der Waals surface area (Å²) in [6.07, 6.45) is 2.40. The van der Waals surface area contributed by atoms with Crippen LogP contribution in [-0.4, -0.2) is 47.7 Å². The van der Waals surface area contributed by atoms with Crippen LogP contribution >= 0.6 is 0 Å². The lowest BCUT2D eigenvalue weighted by Gasteiger charge is -2.30. The van der Waals surface area contributed by atoms with E-state index in [1.807, 2.05) is 11.5 Å². The fourth-order valence-corrected chi connectivity index (χ4v) is 2.74. The lowest BCUT2D eigenvalue weighted by atomic mass is 9.98. The number of hydrogen-bond acceptors (Lipinski definition) is 5. The molecule has 2 rings (SSSR count). The number of aromatic nitrogens is 2. The van der Waals surface area contributed by atoms with Crippen molar-refractivity contribution in [3.63, 3.8) is 0 Å². The van der Waals surface area contributed by atoms with Crippen LogP contribution in [0.5, 0.6) is 0 Å². The number of carbonyl (C=O) groups excluding carboxylic acids is 1. The van der Waals surface area contributed by atoms with Crippen LogP contribution in [-0.2, 0) is 11.3 Å². The molecule has 1 aliphatic rings. The van der Waals surface area contributed by atoms with E-state index in [4.69, 9.17) is 5.73 Å². The van der Waals surface area contributed by atoms with Gasteiger partial charge in [0.25, 0.3) is 0 Å². The zero-order valence-electron chi connectivity index (χ0n) is 11.8. The molecule has 0 aromatic carbocycles. The molecular formula is C13H22N4O2. The second-order valence-electron chi connectivity index (χ2n) is 5.27. The minimum Gasteiger partial charge on any atom is -0.464 e. The fourth-order valence-electron chi connectivity index (χ4n) is 2.74. The van der Waals surface area contributed by atoms with Gasteiger partial charge in [0, 0.05) is 13.1 Å². The summed E-state index contributed by atoms with van der Waals surface area (Å²) in [5, 5.41) is 0. The van der Waals surface area contributed by atoms with Crippen LogP contribution in [0.25, 0.3) is 0 Å². The minimum absolute atomic E-state index is 0.226. The molecule has 2 N–H and O–H groups in total. The standard InChI is InChI=1S/C13H22N4O2/c1-9-15-11(13(18)19-3)12(14)17(9)8-10-5-4-6-16(2)7-10/h10H,4-8,14H2,1-3H3. The summed E-state index contributed by atoms with van der Waals surface area (Å²) in [5.41, 5.74) is 6.24. The third-order valence-electron chi connectivity index (χ3n) is 3.74.